The summed E-state index contributed by atoms with van der Waals surface area (Å²) >= 11 is 0. The first kappa shape index (κ1) is 17.5. The maximum absolute atomic E-state index is 12.2. The van der Waals surface area contributed by atoms with Crippen LogP contribution in [0.4, 0.5) is 0 Å². The first-order valence-corrected chi connectivity index (χ1v) is 9.78. The lowest BCUT2D eigenvalue weighted by atomic mass is 9.90. The van der Waals surface area contributed by atoms with Crippen LogP contribution in [0.15, 0.2) is 0 Å². The molecule has 0 aromatic heterocycles. The van der Waals surface area contributed by atoms with Gasteiger partial charge in [-0.1, -0.05) is 39.0 Å². The van der Waals surface area contributed by atoms with Gasteiger partial charge in [0.1, 0.15) is 9.84 Å². The number of nitrogens with zero attached hydrogens (tertiary/aromatic N) is 1. The first-order valence-electron chi connectivity index (χ1n) is 7.72. The molecule has 0 bridgehead atoms. The number of hydrogen-bond donors (Lipinski definition) is 0. The zero-order valence-corrected chi connectivity index (χ0v) is 13.9. The molecule has 1 amide bonds. The highest BCUT2D eigenvalue weighted by atomic mass is 32.2. The molecule has 1 rings (SSSR count). The van der Waals surface area contributed by atoms with Gasteiger partial charge in [-0.25, -0.2) is 8.42 Å². The second-order valence-corrected chi connectivity index (χ2v) is 8.61. The van der Waals surface area contributed by atoms with Crippen molar-refractivity contribution in [3.8, 4) is 0 Å². The average molecular weight is 303 g/mol. The van der Waals surface area contributed by atoms with Crippen molar-refractivity contribution in [2.24, 2.45) is 11.8 Å². The molecule has 0 unspecified atom stereocenters. The molecule has 1 aliphatic carbocycles. The molecule has 1 aliphatic rings. The van der Waals surface area contributed by atoms with E-state index in [-0.39, 0.29) is 11.7 Å². The van der Waals surface area contributed by atoms with E-state index in [1.807, 2.05) is 0 Å². The minimum absolute atomic E-state index is 0.0440. The summed E-state index contributed by atoms with van der Waals surface area (Å²) in [6.45, 7) is 2.48. The quantitative estimate of drug-likeness (QED) is 0.784. The number of hydrogen-bond acceptors (Lipinski definition) is 3. The third-order valence-corrected chi connectivity index (χ3v) is 5.21. The van der Waals surface area contributed by atoms with E-state index >= 15 is 0 Å². The summed E-state index contributed by atoms with van der Waals surface area (Å²) in [6.07, 6.45) is 10.0. The Balaban J connectivity index is 2.47. The molecule has 0 spiro atoms. The van der Waals surface area contributed by atoms with E-state index < -0.39 is 15.8 Å². The molecule has 0 N–H and O–H groups in total. The fourth-order valence-electron chi connectivity index (χ4n) is 3.10. The van der Waals surface area contributed by atoms with Crippen LogP contribution in [0.5, 0.6) is 0 Å². The Morgan fingerprint density at radius 3 is 2.15 bits per heavy atom. The Kier molecular flexibility index (Phi) is 7.00. The summed E-state index contributed by atoms with van der Waals surface area (Å²) in [7, 11) is -1.29. The van der Waals surface area contributed by atoms with Gasteiger partial charge >= 0.3 is 0 Å². The van der Waals surface area contributed by atoms with Gasteiger partial charge in [0.2, 0.25) is 5.91 Å². The van der Waals surface area contributed by atoms with Gasteiger partial charge in [0, 0.05) is 25.8 Å². The van der Waals surface area contributed by atoms with Gasteiger partial charge in [0.25, 0.3) is 0 Å². The smallest absolute Gasteiger partial charge is 0.226 e. The molecule has 0 aromatic rings. The molecule has 4 nitrogen and oxygen atoms in total. The van der Waals surface area contributed by atoms with Crippen molar-refractivity contribution in [2.75, 3.05) is 25.6 Å². The van der Waals surface area contributed by atoms with Crippen molar-refractivity contribution < 1.29 is 13.2 Å². The van der Waals surface area contributed by atoms with Crippen LogP contribution in [-0.4, -0.2) is 44.8 Å². The molecule has 0 aliphatic heterocycles. The summed E-state index contributed by atoms with van der Waals surface area (Å²) in [6, 6.07) is 0. The summed E-state index contributed by atoms with van der Waals surface area (Å²) in [5.41, 5.74) is 0. The van der Waals surface area contributed by atoms with Crippen molar-refractivity contribution in [1.29, 1.82) is 0 Å². The lowest BCUT2D eigenvalue weighted by Gasteiger charge is -2.27. The van der Waals surface area contributed by atoms with E-state index in [1.54, 1.807) is 18.9 Å². The zero-order valence-electron chi connectivity index (χ0n) is 13.1. The minimum Gasteiger partial charge on any atom is -0.345 e. The predicted molar refractivity (Wildman–Crippen MR) is 82.3 cm³/mol. The summed E-state index contributed by atoms with van der Waals surface area (Å²) in [4.78, 5) is 13.9. The van der Waals surface area contributed by atoms with Crippen molar-refractivity contribution in [3.63, 3.8) is 0 Å². The van der Waals surface area contributed by atoms with Crippen molar-refractivity contribution >= 4 is 15.7 Å². The Bertz CT molecular complexity index is 397. The number of sulfone groups is 1. The van der Waals surface area contributed by atoms with Crippen LogP contribution in [0, 0.1) is 11.8 Å². The molecular weight excluding hydrogens is 274 g/mol. The highest BCUT2D eigenvalue weighted by Gasteiger charge is 2.23. The van der Waals surface area contributed by atoms with Crippen LogP contribution < -0.4 is 0 Å². The lowest BCUT2D eigenvalue weighted by molar-refractivity contribution is -0.133. The molecule has 118 valence electrons. The average Bonchev–Trinajstić information content (AvgIpc) is 2.29. The van der Waals surface area contributed by atoms with Crippen molar-refractivity contribution in [1.82, 2.24) is 4.90 Å². The Morgan fingerprint density at radius 1 is 1.15 bits per heavy atom. The van der Waals surface area contributed by atoms with E-state index in [2.05, 4.69) is 0 Å². The molecule has 1 atom stereocenters. The highest BCUT2D eigenvalue weighted by molar-refractivity contribution is 7.90. The van der Waals surface area contributed by atoms with Crippen LogP contribution in [-0.2, 0) is 14.6 Å². The summed E-state index contributed by atoms with van der Waals surface area (Å²) < 4.78 is 22.5. The third kappa shape index (κ3) is 6.73. The summed E-state index contributed by atoms with van der Waals surface area (Å²) in [5, 5.41) is 0. The molecule has 5 heteroatoms. The number of amides is 1. The first-order chi connectivity index (χ1) is 9.29. The zero-order chi connectivity index (χ0) is 15.2. The van der Waals surface area contributed by atoms with E-state index in [4.69, 9.17) is 0 Å². The molecule has 0 saturated heterocycles. The molecule has 0 radical (unpaired) electrons. The van der Waals surface area contributed by atoms with E-state index in [0.29, 0.717) is 5.92 Å². The van der Waals surface area contributed by atoms with Crippen LogP contribution in [0.3, 0.4) is 0 Å². The van der Waals surface area contributed by atoms with Crippen LogP contribution in [0.1, 0.15) is 51.9 Å². The van der Waals surface area contributed by atoms with Crippen molar-refractivity contribution in [3.05, 3.63) is 0 Å². The second kappa shape index (κ2) is 8.01. The maximum atomic E-state index is 12.2. The topological polar surface area (TPSA) is 54.5 Å². The SMILES string of the molecule is C[C@@H](CS(C)(=O)=O)C(=O)N(C)CC1CCCCCCC1. The fourth-order valence-corrected chi connectivity index (χ4v) is 4.15. The number of rotatable bonds is 5. The normalized spacial score (nSPS) is 19.9. The monoisotopic (exact) mass is 303 g/mol. The Labute approximate surface area is 123 Å². The molecular formula is C15H29NO3S. The Morgan fingerprint density at radius 2 is 1.65 bits per heavy atom. The number of carbonyl (C=O) groups excluding carboxylic acids is 1. The Hall–Kier alpha value is -0.580. The van der Waals surface area contributed by atoms with Crippen molar-refractivity contribution in [2.45, 2.75) is 51.9 Å². The third-order valence-electron chi connectivity index (χ3n) is 4.11. The largest absolute Gasteiger partial charge is 0.345 e. The van der Waals surface area contributed by atoms with E-state index in [0.717, 1.165) is 6.54 Å². The van der Waals surface area contributed by atoms with Gasteiger partial charge in [-0.05, 0) is 18.8 Å². The van der Waals surface area contributed by atoms with Crippen LogP contribution >= 0.6 is 0 Å². The minimum atomic E-state index is -3.09. The van der Waals surface area contributed by atoms with Gasteiger partial charge in [-0.15, -0.1) is 0 Å². The molecule has 1 saturated carbocycles. The molecule has 1 fully saturated rings. The van der Waals surface area contributed by atoms with E-state index in [9.17, 15) is 13.2 Å². The van der Waals surface area contributed by atoms with Crippen LogP contribution in [0.2, 0.25) is 0 Å². The molecule has 20 heavy (non-hydrogen) atoms. The molecule has 0 heterocycles. The fraction of sp³-hybridized carbons (Fsp3) is 0.933. The lowest BCUT2D eigenvalue weighted by Crippen LogP contribution is -2.37. The van der Waals surface area contributed by atoms with Gasteiger partial charge < -0.3 is 4.90 Å². The van der Waals surface area contributed by atoms with E-state index in [1.165, 1.54) is 51.2 Å². The van der Waals surface area contributed by atoms with Gasteiger partial charge in [0.15, 0.2) is 0 Å². The van der Waals surface area contributed by atoms with Gasteiger partial charge in [-0.2, -0.15) is 0 Å². The number of carbonyl (C=O) groups is 1. The standard InChI is InChI=1S/C15H29NO3S/c1-13(12-20(3,18)19)15(17)16(2)11-14-9-7-5-4-6-8-10-14/h13-14H,4-12H2,1-3H3/t13-/m0/s1. The predicted octanol–water partition coefficient (Wildman–Crippen LogP) is 2.49. The summed E-state index contributed by atoms with van der Waals surface area (Å²) in [5.74, 6) is 0.0385. The van der Waals surface area contributed by atoms with Crippen LogP contribution in [0.25, 0.3) is 0 Å². The second-order valence-electron chi connectivity index (χ2n) is 6.42. The maximum Gasteiger partial charge on any atom is 0.226 e. The van der Waals surface area contributed by atoms with Gasteiger partial charge in [0.05, 0.1) is 5.75 Å². The molecule has 0 aromatic carbocycles. The highest BCUT2D eigenvalue weighted by Crippen LogP contribution is 2.23. The van der Waals surface area contributed by atoms with Gasteiger partial charge in [-0.3, -0.25) is 4.79 Å².